The molecule has 0 amide bonds. The van der Waals surface area contributed by atoms with Crippen LogP contribution in [-0.4, -0.2) is 31.1 Å². The maximum atomic E-state index is 5.80. The van der Waals surface area contributed by atoms with Gasteiger partial charge in [-0.1, -0.05) is 12.8 Å². The van der Waals surface area contributed by atoms with E-state index in [0.29, 0.717) is 5.41 Å². The first-order chi connectivity index (χ1) is 6.35. The van der Waals surface area contributed by atoms with Crippen LogP contribution in [0.2, 0.25) is 0 Å². The SMILES string of the molecule is NCC1(CN2CCCCCC2)CC1. The zero-order chi connectivity index (χ0) is 9.15. The average molecular weight is 182 g/mol. The fourth-order valence-electron chi connectivity index (χ4n) is 2.37. The Labute approximate surface area is 81.5 Å². The highest BCUT2D eigenvalue weighted by molar-refractivity contribution is 4.96. The summed E-state index contributed by atoms with van der Waals surface area (Å²) in [7, 11) is 0. The number of hydrogen-bond donors (Lipinski definition) is 1. The van der Waals surface area contributed by atoms with Crippen LogP contribution >= 0.6 is 0 Å². The smallest absolute Gasteiger partial charge is 0.00501 e. The van der Waals surface area contributed by atoms with Gasteiger partial charge in [0.25, 0.3) is 0 Å². The van der Waals surface area contributed by atoms with Crippen molar-refractivity contribution in [3.05, 3.63) is 0 Å². The second-order valence-corrected chi connectivity index (χ2v) is 4.89. The highest BCUT2D eigenvalue weighted by atomic mass is 15.1. The summed E-state index contributed by atoms with van der Waals surface area (Å²) in [6, 6.07) is 0. The van der Waals surface area contributed by atoms with Crippen LogP contribution in [0.5, 0.6) is 0 Å². The molecule has 0 aromatic heterocycles. The second-order valence-electron chi connectivity index (χ2n) is 4.89. The lowest BCUT2D eigenvalue weighted by molar-refractivity contribution is 0.230. The average Bonchev–Trinajstić information content (AvgIpc) is 2.92. The van der Waals surface area contributed by atoms with Crippen molar-refractivity contribution in [2.45, 2.75) is 38.5 Å². The maximum absolute atomic E-state index is 5.80. The number of rotatable bonds is 3. The van der Waals surface area contributed by atoms with Gasteiger partial charge in [0.2, 0.25) is 0 Å². The predicted molar refractivity (Wildman–Crippen MR) is 55.6 cm³/mol. The second kappa shape index (κ2) is 3.97. The first-order valence-corrected chi connectivity index (χ1v) is 5.77. The van der Waals surface area contributed by atoms with E-state index in [1.807, 2.05) is 0 Å². The topological polar surface area (TPSA) is 29.3 Å². The van der Waals surface area contributed by atoms with Crippen molar-refractivity contribution in [1.82, 2.24) is 4.90 Å². The number of nitrogens with zero attached hydrogens (tertiary/aromatic N) is 1. The van der Waals surface area contributed by atoms with Crippen LogP contribution in [0.4, 0.5) is 0 Å². The van der Waals surface area contributed by atoms with Gasteiger partial charge >= 0.3 is 0 Å². The van der Waals surface area contributed by atoms with Crippen molar-refractivity contribution in [1.29, 1.82) is 0 Å². The van der Waals surface area contributed by atoms with E-state index in [0.717, 1.165) is 6.54 Å². The maximum Gasteiger partial charge on any atom is 0.00501 e. The lowest BCUT2D eigenvalue weighted by Gasteiger charge is -2.24. The van der Waals surface area contributed by atoms with E-state index in [1.165, 1.54) is 58.2 Å². The first kappa shape index (κ1) is 9.47. The highest BCUT2D eigenvalue weighted by Gasteiger charge is 2.42. The van der Waals surface area contributed by atoms with Gasteiger partial charge in [-0.25, -0.2) is 0 Å². The van der Waals surface area contributed by atoms with Gasteiger partial charge < -0.3 is 10.6 Å². The Morgan fingerprint density at radius 3 is 2.08 bits per heavy atom. The van der Waals surface area contributed by atoms with Gasteiger partial charge in [0, 0.05) is 6.54 Å². The molecule has 1 saturated heterocycles. The van der Waals surface area contributed by atoms with Crippen LogP contribution < -0.4 is 5.73 Å². The third-order valence-electron chi connectivity index (χ3n) is 3.65. The van der Waals surface area contributed by atoms with Crippen molar-refractivity contribution in [3.8, 4) is 0 Å². The van der Waals surface area contributed by atoms with Gasteiger partial charge in [0.15, 0.2) is 0 Å². The van der Waals surface area contributed by atoms with Crippen molar-refractivity contribution in [2.24, 2.45) is 11.1 Å². The molecule has 76 valence electrons. The highest BCUT2D eigenvalue weighted by Crippen LogP contribution is 2.45. The van der Waals surface area contributed by atoms with E-state index in [2.05, 4.69) is 4.90 Å². The fourth-order valence-corrected chi connectivity index (χ4v) is 2.37. The molecule has 2 heteroatoms. The monoisotopic (exact) mass is 182 g/mol. The predicted octanol–water partition coefficient (Wildman–Crippen LogP) is 1.60. The fraction of sp³-hybridized carbons (Fsp3) is 1.00. The van der Waals surface area contributed by atoms with E-state index < -0.39 is 0 Å². The van der Waals surface area contributed by atoms with Crippen molar-refractivity contribution in [2.75, 3.05) is 26.2 Å². The molecule has 0 unspecified atom stereocenters. The molecule has 0 atom stereocenters. The normalized spacial score (nSPS) is 28.4. The van der Waals surface area contributed by atoms with Crippen LogP contribution in [-0.2, 0) is 0 Å². The molecule has 1 aliphatic heterocycles. The van der Waals surface area contributed by atoms with Gasteiger partial charge in [-0.15, -0.1) is 0 Å². The Kier molecular flexibility index (Phi) is 2.89. The molecule has 0 aromatic rings. The van der Waals surface area contributed by atoms with Crippen molar-refractivity contribution >= 4 is 0 Å². The Morgan fingerprint density at radius 1 is 1.00 bits per heavy atom. The summed E-state index contributed by atoms with van der Waals surface area (Å²) in [4.78, 5) is 2.65. The van der Waals surface area contributed by atoms with Gasteiger partial charge in [0.05, 0.1) is 0 Å². The first-order valence-electron chi connectivity index (χ1n) is 5.77. The van der Waals surface area contributed by atoms with E-state index in [1.54, 1.807) is 0 Å². The third-order valence-corrected chi connectivity index (χ3v) is 3.65. The van der Waals surface area contributed by atoms with Crippen LogP contribution in [0.1, 0.15) is 38.5 Å². The van der Waals surface area contributed by atoms with Crippen molar-refractivity contribution < 1.29 is 0 Å². The molecule has 2 N–H and O–H groups in total. The summed E-state index contributed by atoms with van der Waals surface area (Å²) in [5.74, 6) is 0. The van der Waals surface area contributed by atoms with Gasteiger partial charge in [-0.05, 0) is 50.7 Å². The number of nitrogens with two attached hydrogens (primary N) is 1. The standard InChI is InChI=1S/C11H22N2/c12-9-11(5-6-11)10-13-7-3-1-2-4-8-13/h1-10,12H2. The largest absolute Gasteiger partial charge is 0.330 e. The lowest BCUT2D eigenvalue weighted by Crippen LogP contribution is -2.34. The van der Waals surface area contributed by atoms with Crippen molar-refractivity contribution in [3.63, 3.8) is 0 Å². The zero-order valence-corrected chi connectivity index (χ0v) is 8.60. The van der Waals surface area contributed by atoms with E-state index in [9.17, 15) is 0 Å². The molecule has 1 aliphatic carbocycles. The molecule has 0 bridgehead atoms. The van der Waals surface area contributed by atoms with E-state index in [-0.39, 0.29) is 0 Å². The van der Waals surface area contributed by atoms with E-state index in [4.69, 9.17) is 5.73 Å². The van der Waals surface area contributed by atoms with Crippen LogP contribution in [0, 0.1) is 5.41 Å². The molecule has 0 radical (unpaired) electrons. The molecule has 0 aromatic carbocycles. The Hall–Kier alpha value is -0.0800. The summed E-state index contributed by atoms with van der Waals surface area (Å²) in [5.41, 5.74) is 6.34. The summed E-state index contributed by atoms with van der Waals surface area (Å²) in [5, 5.41) is 0. The zero-order valence-electron chi connectivity index (χ0n) is 8.60. The van der Waals surface area contributed by atoms with Gasteiger partial charge in [-0.3, -0.25) is 0 Å². The molecule has 13 heavy (non-hydrogen) atoms. The molecule has 1 saturated carbocycles. The van der Waals surface area contributed by atoms with Crippen LogP contribution in [0.15, 0.2) is 0 Å². The quantitative estimate of drug-likeness (QED) is 0.718. The molecular weight excluding hydrogens is 160 g/mol. The Morgan fingerprint density at radius 2 is 1.62 bits per heavy atom. The van der Waals surface area contributed by atoms with Crippen LogP contribution in [0.25, 0.3) is 0 Å². The minimum absolute atomic E-state index is 0.546. The summed E-state index contributed by atoms with van der Waals surface area (Å²) in [6.45, 7) is 4.83. The summed E-state index contributed by atoms with van der Waals surface area (Å²) >= 11 is 0. The molecule has 0 spiro atoms. The molecule has 2 fully saturated rings. The lowest BCUT2D eigenvalue weighted by atomic mass is 10.1. The molecule has 1 heterocycles. The number of hydrogen-bond acceptors (Lipinski definition) is 2. The molecule has 2 nitrogen and oxygen atoms in total. The summed E-state index contributed by atoms with van der Waals surface area (Å²) < 4.78 is 0. The van der Waals surface area contributed by atoms with Gasteiger partial charge in [-0.2, -0.15) is 0 Å². The molecular formula is C11H22N2. The Balaban J connectivity index is 1.79. The third kappa shape index (κ3) is 2.44. The molecule has 2 rings (SSSR count). The number of likely N-dealkylation sites (tertiary alicyclic amines) is 1. The minimum Gasteiger partial charge on any atom is -0.330 e. The minimum atomic E-state index is 0.546. The van der Waals surface area contributed by atoms with Crippen LogP contribution in [0.3, 0.4) is 0 Å². The van der Waals surface area contributed by atoms with Gasteiger partial charge in [0.1, 0.15) is 0 Å². The summed E-state index contributed by atoms with van der Waals surface area (Å²) in [6.07, 6.45) is 8.43. The Bertz CT molecular complexity index is 155. The molecule has 2 aliphatic rings. The van der Waals surface area contributed by atoms with E-state index >= 15 is 0 Å².